The van der Waals surface area contributed by atoms with E-state index in [9.17, 15) is 36.3 Å². The van der Waals surface area contributed by atoms with Crippen molar-refractivity contribution >= 4 is 17.9 Å². The second kappa shape index (κ2) is 19.2. The van der Waals surface area contributed by atoms with Crippen LogP contribution in [0.5, 0.6) is 5.75 Å². The number of halogens is 5. The summed E-state index contributed by atoms with van der Waals surface area (Å²) in [5.74, 6) is -15.6. The minimum absolute atomic E-state index is 0.0121. The van der Waals surface area contributed by atoms with Crippen LogP contribution < -0.4 is 4.74 Å². The van der Waals surface area contributed by atoms with Crippen molar-refractivity contribution < 1.29 is 69.9 Å². The van der Waals surface area contributed by atoms with E-state index in [4.69, 9.17) is 28.8 Å². The monoisotopic (exact) mass is 560 g/mol. The average molecular weight is 560 g/mol. The van der Waals surface area contributed by atoms with Crippen molar-refractivity contribution in [3.05, 3.63) is 29.1 Å². The van der Waals surface area contributed by atoms with Gasteiger partial charge in [0.25, 0.3) is 0 Å². The molecule has 1 rings (SSSR count). The maximum Gasteiger partial charge on any atom is 0.313 e. The van der Waals surface area contributed by atoms with Crippen molar-refractivity contribution in [3.8, 4) is 5.75 Å². The van der Waals surface area contributed by atoms with Crippen molar-refractivity contribution in [1.82, 2.24) is 0 Å². The third kappa shape index (κ3) is 13.6. The summed E-state index contributed by atoms with van der Waals surface area (Å²) >= 11 is 0. The molecular weight excluding hydrogens is 531 g/mol. The van der Waals surface area contributed by atoms with Gasteiger partial charge in [0, 0.05) is 12.8 Å². The van der Waals surface area contributed by atoms with Gasteiger partial charge in [-0.05, 0) is 12.8 Å². The second-order valence-corrected chi connectivity index (χ2v) is 7.39. The van der Waals surface area contributed by atoms with Crippen LogP contribution in [-0.4, -0.2) is 82.5 Å². The fourth-order valence-electron chi connectivity index (χ4n) is 2.59. The maximum atomic E-state index is 13.5. The average Bonchev–Trinajstić information content (AvgIpc) is 2.88. The first-order valence-corrected chi connectivity index (χ1v) is 11.6. The van der Waals surface area contributed by atoms with Crippen molar-refractivity contribution in [2.24, 2.45) is 0 Å². The first-order valence-electron chi connectivity index (χ1n) is 11.6. The molecule has 0 amide bonds. The predicted octanol–water partition coefficient (Wildman–Crippen LogP) is 2.93. The van der Waals surface area contributed by atoms with Gasteiger partial charge in [0.05, 0.1) is 59.3 Å². The molecule has 0 spiro atoms. The maximum absolute atomic E-state index is 13.5. The highest BCUT2D eigenvalue weighted by atomic mass is 19.2. The lowest BCUT2D eigenvalue weighted by Crippen LogP contribution is -2.16. The molecule has 1 aromatic carbocycles. The Balaban J connectivity index is 1.94. The molecule has 0 saturated heterocycles. The van der Waals surface area contributed by atoms with Crippen LogP contribution >= 0.6 is 0 Å². The summed E-state index contributed by atoms with van der Waals surface area (Å²) in [5, 5.41) is 8.50. The Hall–Kier alpha value is -2.88. The van der Waals surface area contributed by atoms with Gasteiger partial charge in [-0.3, -0.25) is 14.4 Å². The summed E-state index contributed by atoms with van der Waals surface area (Å²) in [6, 6.07) is 0. The lowest BCUT2D eigenvalue weighted by atomic mass is 10.2. The van der Waals surface area contributed by atoms with E-state index in [2.05, 4.69) is 4.74 Å². The molecule has 10 nitrogen and oxygen atoms in total. The molecular formula is C23H29F5O10. The third-order valence-corrected chi connectivity index (χ3v) is 4.46. The van der Waals surface area contributed by atoms with Gasteiger partial charge in [0.1, 0.15) is 6.61 Å². The molecule has 1 aromatic rings. The highest BCUT2D eigenvalue weighted by Gasteiger charge is 2.28. The summed E-state index contributed by atoms with van der Waals surface area (Å²) in [5.41, 5.74) is 0. The number of unbranched alkanes of at least 4 members (excludes halogenated alkanes) is 1. The summed E-state index contributed by atoms with van der Waals surface area (Å²) in [4.78, 5) is 33.3. The van der Waals surface area contributed by atoms with Gasteiger partial charge in [-0.15, -0.1) is 0 Å². The Kier molecular flexibility index (Phi) is 16.8. The first kappa shape index (κ1) is 33.1. The molecule has 0 fully saturated rings. The van der Waals surface area contributed by atoms with Crippen LogP contribution in [-0.2, 0) is 38.1 Å². The molecule has 0 aromatic heterocycles. The molecule has 0 saturated carbocycles. The minimum atomic E-state index is -2.36. The summed E-state index contributed by atoms with van der Waals surface area (Å²) in [6.45, 7) is 1.22. The number of carbonyl (C=O) groups excluding carboxylic acids is 2. The van der Waals surface area contributed by atoms with Crippen molar-refractivity contribution in [2.75, 3.05) is 59.5 Å². The van der Waals surface area contributed by atoms with Gasteiger partial charge >= 0.3 is 17.9 Å². The number of rotatable bonds is 21. The third-order valence-electron chi connectivity index (χ3n) is 4.46. The molecule has 15 heteroatoms. The van der Waals surface area contributed by atoms with E-state index in [1.807, 2.05) is 0 Å². The summed E-state index contributed by atoms with van der Waals surface area (Å²) in [6.07, 6.45) is 0.510. The van der Waals surface area contributed by atoms with Crippen molar-refractivity contribution in [2.45, 2.75) is 32.1 Å². The van der Waals surface area contributed by atoms with Crippen LogP contribution in [0.2, 0.25) is 0 Å². The highest BCUT2D eigenvalue weighted by molar-refractivity contribution is 5.72. The topological polar surface area (TPSA) is 127 Å². The predicted molar refractivity (Wildman–Crippen MR) is 117 cm³/mol. The van der Waals surface area contributed by atoms with Crippen LogP contribution in [0, 0.1) is 29.1 Å². The number of hydrogen-bond acceptors (Lipinski definition) is 9. The Labute approximate surface area is 214 Å². The van der Waals surface area contributed by atoms with Gasteiger partial charge < -0.3 is 33.5 Å². The number of hydrogen-bond donors (Lipinski definition) is 1. The van der Waals surface area contributed by atoms with Gasteiger partial charge in [0.2, 0.25) is 34.8 Å². The molecule has 0 aliphatic heterocycles. The Bertz CT molecular complexity index is 871. The number of benzene rings is 1. The van der Waals surface area contributed by atoms with E-state index >= 15 is 0 Å². The summed E-state index contributed by atoms with van der Waals surface area (Å²) in [7, 11) is 0. The number of carboxylic acid groups (broad SMARTS) is 1. The smallest absolute Gasteiger partial charge is 0.313 e. The highest BCUT2D eigenvalue weighted by Crippen LogP contribution is 2.29. The van der Waals surface area contributed by atoms with E-state index in [0.717, 1.165) is 0 Å². The van der Waals surface area contributed by atoms with Crippen LogP contribution in [0.15, 0.2) is 0 Å². The summed E-state index contributed by atoms with van der Waals surface area (Å²) < 4.78 is 96.0. The Morgan fingerprint density at radius 2 is 0.947 bits per heavy atom. The zero-order valence-corrected chi connectivity index (χ0v) is 20.4. The minimum Gasteiger partial charge on any atom is -0.481 e. The number of aliphatic carboxylic acids is 1. The molecule has 0 heterocycles. The van der Waals surface area contributed by atoms with Crippen LogP contribution in [0.25, 0.3) is 0 Å². The largest absolute Gasteiger partial charge is 0.481 e. The van der Waals surface area contributed by atoms with E-state index < -0.39 is 59.2 Å². The molecule has 1 N–H and O–H groups in total. The normalized spacial score (nSPS) is 11.0. The van der Waals surface area contributed by atoms with E-state index in [1.54, 1.807) is 0 Å². The number of ether oxygens (including phenoxy) is 6. The van der Waals surface area contributed by atoms with Gasteiger partial charge in [-0.25, -0.2) is 13.2 Å². The van der Waals surface area contributed by atoms with Crippen LogP contribution in [0.3, 0.4) is 0 Å². The van der Waals surface area contributed by atoms with Gasteiger partial charge in [0.15, 0.2) is 0 Å². The molecule has 216 valence electrons. The first-order chi connectivity index (χ1) is 18.1. The van der Waals surface area contributed by atoms with E-state index in [0.29, 0.717) is 12.8 Å². The number of carbonyl (C=O) groups is 3. The van der Waals surface area contributed by atoms with Crippen molar-refractivity contribution in [3.63, 3.8) is 0 Å². The lowest BCUT2D eigenvalue weighted by Gasteiger charge is -2.09. The molecule has 0 radical (unpaired) electrons. The fourth-order valence-corrected chi connectivity index (χ4v) is 2.59. The zero-order valence-electron chi connectivity index (χ0n) is 20.4. The van der Waals surface area contributed by atoms with Crippen molar-refractivity contribution in [1.29, 1.82) is 0 Å². The van der Waals surface area contributed by atoms with E-state index in [1.165, 1.54) is 0 Å². The molecule has 38 heavy (non-hydrogen) atoms. The van der Waals surface area contributed by atoms with Gasteiger partial charge in [-0.1, -0.05) is 0 Å². The fraction of sp³-hybridized carbons (Fsp3) is 0.609. The quantitative estimate of drug-likeness (QED) is 0.0599. The molecule has 0 bridgehead atoms. The molecule has 0 aliphatic carbocycles. The SMILES string of the molecule is O=C(O)CCCCC(=O)OCCOCCOCCOCCOCCC(=O)Oc1c(F)c(F)c(F)c(F)c1F. The molecule has 0 unspecified atom stereocenters. The Morgan fingerprint density at radius 3 is 1.45 bits per heavy atom. The second-order valence-electron chi connectivity index (χ2n) is 7.39. The number of esters is 2. The van der Waals surface area contributed by atoms with Crippen LogP contribution in [0.4, 0.5) is 22.0 Å². The molecule has 0 atom stereocenters. The lowest BCUT2D eigenvalue weighted by molar-refractivity contribution is -0.146. The molecule has 0 aliphatic rings. The zero-order chi connectivity index (χ0) is 28.3. The standard InChI is InChI=1S/C23H29F5O10/c24-18-19(25)21(27)23(22(28)20(18)26)38-17(32)5-6-33-7-8-34-9-10-35-11-12-36-13-14-37-16(31)4-2-1-3-15(29)30/h1-14H2,(H,29,30). The van der Waals surface area contributed by atoms with Gasteiger partial charge in [-0.2, -0.15) is 8.78 Å². The number of carboxylic acids is 1. The van der Waals surface area contributed by atoms with E-state index in [-0.39, 0.29) is 72.3 Å². The Morgan fingerprint density at radius 1 is 0.526 bits per heavy atom. The van der Waals surface area contributed by atoms with Crippen LogP contribution in [0.1, 0.15) is 32.1 Å².